The highest BCUT2D eigenvalue weighted by atomic mass is 28.3. The normalized spacial score (nSPS) is 10.5. The first-order chi connectivity index (χ1) is 5.26. The summed E-state index contributed by atoms with van der Waals surface area (Å²) in [6.45, 7) is 4.59. The molecule has 0 aliphatic rings. The summed E-state index contributed by atoms with van der Waals surface area (Å²) in [4.78, 5) is 0. The second-order valence-corrected chi connectivity index (χ2v) is 4.78. The molecule has 0 atom stereocenters. The third-order valence-corrected chi connectivity index (χ3v) is 3.28. The molecule has 0 fully saturated rings. The van der Waals surface area contributed by atoms with Gasteiger partial charge < -0.3 is 14.6 Å². The zero-order valence-corrected chi connectivity index (χ0v) is 8.45. The minimum absolute atomic E-state index is 0.702. The van der Waals surface area contributed by atoms with Crippen LogP contribution < -0.4 is 5.73 Å². The van der Waals surface area contributed by atoms with Crippen molar-refractivity contribution in [3.05, 3.63) is 11.8 Å². The Morgan fingerprint density at radius 3 is 2.36 bits per heavy atom. The zero-order valence-electron chi connectivity index (χ0n) is 7.30. The van der Waals surface area contributed by atoms with Crippen LogP contribution in [0.2, 0.25) is 0 Å². The van der Waals surface area contributed by atoms with Gasteiger partial charge in [0.15, 0.2) is 0 Å². The largest absolute Gasteiger partial charge is 0.397 e. The van der Waals surface area contributed by atoms with E-state index in [1.54, 1.807) is 14.2 Å². The molecule has 0 heterocycles. The van der Waals surface area contributed by atoms with Crippen molar-refractivity contribution < 1.29 is 8.85 Å². The summed E-state index contributed by atoms with van der Waals surface area (Å²) >= 11 is 0. The van der Waals surface area contributed by atoms with Crippen LogP contribution in [0.4, 0.5) is 0 Å². The third kappa shape index (κ3) is 4.31. The van der Waals surface area contributed by atoms with Crippen LogP contribution in [0.15, 0.2) is 11.8 Å². The molecule has 0 aromatic rings. The highest BCUT2D eigenvalue weighted by molar-refractivity contribution is 6.53. The molecule has 11 heavy (non-hydrogen) atoms. The average molecular weight is 175 g/mol. The summed E-state index contributed by atoms with van der Waals surface area (Å²) in [6, 6.07) is 0. The van der Waals surface area contributed by atoms with E-state index < -0.39 is 9.28 Å². The number of nitrogens with two attached hydrogens (primary N) is 1. The molecule has 0 aliphatic heterocycles. The Bertz CT molecular complexity index is 115. The van der Waals surface area contributed by atoms with Gasteiger partial charge in [-0.1, -0.05) is 6.58 Å². The van der Waals surface area contributed by atoms with Gasteiger partial charge in [0.2, 0.25) is 0 Å². The SMILES string of the molecule is C=C(CCCN)[SiH](OC)OC. The second kappa shape index (κ2) is 6.54. The maximum atomic E-state index is 5.35. The first-order valence-corrected chi connectivity index (χ1v) is 5.21. The minimum atomic E-state index is -1.57. The van der Waals surface area contributed by atoms with Crippen LogP contribution in [0.5, 0.6) is 0 Å². The lowest BCUT2D eigenvalue weighted by Crippen LogP contribution is -2.22. The smallest absolute Gasteiger partial charge is 0.350 e. The van der Waals surface area contributed by atoms with E-state index in [0.29, 0.717) is 6.54 Å². The number of rotatable bonds is 6. The van der Waals surface area contributed by atoms with Crippen LogP contribution >= 0.6 is 0 Å². The fraction of sp³-hybridized carbons (Fsp3) is 0.714. The molecule has 0 bridgehead atoms. The highest BCUT2D eigenvalue weighted by Crippen LogP contribution is 2.06. The van der Waals surface area contributed by atoms with Gasteiger partial charge in [-0.3, -0.25) is 0 Å². The van der Waals surface area contributed by atoms with Gasteiger partial charge in [-0.25, -0.2) is 0 Å². The lowest BCUT2D eigenvalue weighted by molar-refractivity contribution is 0.285. The van der Waals surface area contributed by atoms with Crippen molar-refractivity contribution in [1.82, 2.24) is 0 Å². The van der Waals surface area contributed by atoms with Crippen LogP contribution in [0, 0.1) is 0 Å². The monoisotopic (exact) mass is 175 g/mol. The molecule has 66 valence electrons. The molecule has 0 spiro atoms. The van der Waals surface area contributed by atoms with Gasteiger partial charge in [-0.05, 0) is 24.6 Å². The number of allylic oxidation sites excluding steroid dienone is 1. The van der Waals surface area contributed by atoms with Gasteiger partial charge in [0.1, 0.15) is 0 Å². The molecule has 0 rings (SSSR count). The van der Waals surface area contributed by atoms with Crippen molar-refractivity contribution in [3.63, 3.8) is 0 Å². The third-order valence-electron chi connectivity index (χ3n) is 1.46. The average Bonchev–Trinajstić information content (AvgIpc) is 2.03. The molecule has 0 aromatic heterocycles. The van der Waals surface area contributed by atoms with E-state index in [9.17, 15) is 0 Å². The molecule has 0 radical (unpaired) electrons. The Hall–Kier alpha value is -0.163. The Kier molecular flexibility index (Phi) is 6.44. The lowest BCUT2D eigenvalue weighted by atomic mass is 10.3. The molecule has 3 nitrogen and oxygen atoms in total. The van der Waals surface area contributed by atoms with Gasteiger partial charge in [0, 0.05) is 14.2 Å². The Labute approximate surface area is 70.0 Å². The van der Waals surface area contributed by atoms with E-state index in [2.05, 4.69) is 6.58 Å². The van der Waals surface area contributed by atoms with Crippen molar-refractivity contribution in [3.8, 4) is 0 Å². The molecule has 0 saturated heterocycles. The molecule has 0 aromatic carbocycles. The van der Waals surface area contributed by atoms with E-state index in [1.807, 2.05) is 0 Å². The molecular weight excluding hydrogens is 158 g/mol. The standard InChI is InChI=1S/C7H17NO2Si/c1-7(5-4-6-8)11(9-2)10-3/h11H,1,4-6,8H2,2-3H3. The maximum Gasteiger partial charge on any atom is 0.350 e. The van der Waals surface area contributed by atoms with Crippen LogP contribution in [-0.4, -0.2) is 30.0 Å². The summed E-state index contributed by atoms with van der Waals surface area (Å²) < 4.78 is 10.3. The van der Waals surface area contributed by atoms with Gasteiger partial charge in [-0.2, -0.15) is 0 Å². The fourth-order valence-electron chi connectivity index (χ4n) is 0.877. The zero-order chi connectivity index (χ0) is 8.69. The molecule has 0 aliphatic carbocycles. The van der Waals surface area contributed by atoms with Crippen molar-refractivity contribution in [2.75, 3.05) is 20.8 Å². The van der Waals surface area contributed by atoms with E-state index >= 15 is 0 Å². The van der Waals surface area contributed by atoms with E-state index in [1.165, 1.54) is 0 Å². The Morgan fingerprint density at radius 1 is 1.45 bits per heavy atom. The van der Waals surface area contributed by atoms with Crippen LogP contribution in [0.3, 0.4) is 0 Å². The fourth-order valence-corrected chi connectivity index (χ4v) is 2.18. The Morgan fingerprint density at radius 2 is 2.00 bits per heavy atom. The number of hydrogen-bond donors (Lipinski definition) is 1. The maximum absolute atomic E-state index is 5.35. The van der Waals surface area contributed by atoms with Crippen molar-refractivity contribution >= 4 is 9.28 Å². The Balaban J connectivity index is 3.61. The summed E-state index contributed by atoms with van der Waals surface area (Å²) in [6.07, 6.45) is 1.89. The van der Waals surface area contributed by atoms with E-state index in [-0.39, 0.29) is 0 Å². The molecule has 2 N–H and O–H groups in total. The number of hydrogen-bond acceptors (Lipinski definition) is 3. The predicted molar refractivity (Wildman–Crippen MR) is 48.6 cm³/mol. The first-order valence-electron chi connectivity index (χ1n) is 3.69. The summed E-state index contributed by atoms with van der Waals surface area (Å²) in [5.41, 5.74) is 5.35. The van der Waals surface area contributed by atoms with Gasteiger partial charge >= 0.3 is 9.28 Å². The summed E-state index contributed by atoms with van der Waals surface area (Å²) in [5, 5.41) is 1.08. The van der Waals surface area contributed by atoms with Gasteiger partial charge in [-0.15, -0.1) is 0 Å². The lowest BCUT2D eigenvalue weighted by Gasteiger charge is -2.12. The highest BCUT2D eigenvalue weighted by Gasteiger charge is 2.12. The van der Waals surface area contributed by atoms with Crippen molar-refractivity contribution in [2.45, 2.75) is 12.8 Å². The molecule has 0 saturated carbocycles. The van der Waals surface area contributed by atoms with E-state index in [0.717, 1.165) is 18.0 Å². The molecular formula is C7H17NO2Si. The topological polar surface area (TPSA) is 44.5 Å². The first kappa shape index (κ1) is 10.8. The van der Waals surface area contributed by atoms with E-state index in [4.69, 9.17) is 14.6 Å². The van der Waals surface area contributed by atoms with Crippen LogP contribution in [0.1, 0.15) is 12.8 Å². The second-order valence-electron chi connectivity index (χ2n) is 2.35. The summed E-state index contributed by atoms with van der Waals surface area (Å²) in [7, 11) is 1.75. The van der Waals surface area contributed by atoms with Crippen molar-refractivity contribution in [2.24, 2.45) is 5.73 Å². The van der Waals surface area contributed by atoms with Crippen molar-refractivity contribution in [1.29, 1.82) is 0 Å². The van der Waals surface area contributed by atoms with Gasteiger partial charge in [0.25, 0.3) is 0 Å². The van der Waals surface area contributed by atoms with Crippen LogP contribution in [0.25, 0.3) is 0 Å². The van der Waals surface area contributed by atoms with Gasteiger partial charge in [0.05, 0.1) is 0 Å². The summed E-state index contributed by atoms with van der Waals surface area (Å²) in [5.74, 6) is 0. The molecule has 4 heteroatoms. The quantitative estimate of drug-likeness (QED) is 0.592. The molecule has 0 unspecified atom stereocenters. The van der Waals surface area contributed by atoms with Crippen LogP contribution in [-0.2, 0) is 8.85 Å². The molecule has 0 amide bonds. The predicted octanol–water partition coefficient (Wildman–Crippen LogP) is 0.334. The minimum Gasteiger partial charge on any atom is -0.397 e.